The van der Waals surface area contributed by atoms with Crippen LogP contribution in [0.2, 0.25) is 0 Å². The zero-order valence-electron chi connectivity index (χ0n) is 12.8. The number of aryl methyl sites for hydroxylation is 1. The van der Waals surface area contributed by atoms with Crippen LogP contribution in [0.5, 0.6) is 0 Å². The molecule has 7 heteroatoms. The molecule has 1 unspecified atom stereocenters. The maximum absolute atomic E-state index is 12.5. The second-order valence-electron chi connectivity index (χ2n) is 5.82. The summed E-state index contributed by atoms with van der Waals surface area (Å²) in [6.07, 6.45) is 2.88. The van der Waals surface area contributed by atoms with Crippen molar-refractivity contribution in [2.24, 2.45) is 5.92 Å². The predicted octanol–water partition coefficient (Wildman–Crippen LogP) is 1.51. The van der Waals surface area contributed by atoms with Crippen molar-refractivity contribution in [3.63, 3.8) is 0 Å². The summed E-state index contributed by atoms with van der Waals surface area (Å²) in [5, 5.41) is 17.1. The van der Waals surface area contributed by atoms with E-state index in [9.17, 15) is 9.59 Å². The van der Waals surface area contributed by atoms with Gasteiger partial charge in [0.25, 0.3) is 5.91 Å². The molecule has 120 valence electrons. The highest BCUT2D eigenvalue weighted by atomic mass is 16.4. The van der Waals surface area contributed by atoms with Gasteiger partial charge in [0.05, 0.1) is 17.8 Å². The molecular weight excluding hydrogens is 296 g/mol. The number of aliphatic carboxylic acids is 1. The molecule has 0 saturated carbocycles. The Kier molecular flexibility index (Phi) is 4.10. The summed E-state index contributed by atoms with van der Waals surface area (Å²) in [6, 6.07) is 7.73. The number of nitrogens with zero attached hydrogens (tertiary/aromatic N) is 4. The lowest BCUT2D eigenvalue weighted by atomic mass is 9.98. The van der Waals surface area contributed by atoms with Gasteiger partial charge >= 0.3 is 5.97 Å². The van der Waals surface area contributed by atoms with Crippen molar-refractivity contribution in [2.75, 3.05) is 13.1 Å². The van der Waals surface area contributed by atoms with Crippen molar-refractivity contribution in [3.8, 4) is 5.69 Å². The van der Waals surface area contributed by atoms with E-state index in [4.69, 9.17) is 5.11 Å². The zero-order chi connectivity index (χ0) is 16.4. The summed E-state index contributed by atoms with van der Waals surface area (Å²) in [6.45, 7) is 2.76. The van der Waals surface area contributed by atoms with Gasteiger partial charge in [0, 0.05) is 13.1 Å². The summed E-state index contributed by atoms with van der Waals surface area (Å²) in [4.78, 5) is 25.2. The third-order valence-corrected chi connectivity index (χ3v) is 4.04. The number of hydrogen-bond acceptors (Lipinski definition) is 4. The molecular formula is C16H18N4O3. The monoisotopic (exact) mass is 314 g/mol. The van der Waals surface area contributed by atoms with Crippen molar-refractivity contribution in [1.82, 2.24) is 19.9 Å². The van der Waals surface area contributed by atoms with Gasteiger partial charge in [-0.05, 0) is 37.5 Å². The number of rotatable bonds is 3. The number of benzene rings is 1. The fourth-order valence-corrected chi connectivity index (χ4v) is 2.78. The molecule has 7 nitrogen and oxygen atoms in total. The highest BCUT2D eigenvalue weighted by molar-refractivity contribution is 5.92. The number of aromatic nitrogens is 3. The summed E-state index contributed by atoms with van der Waals surface area (Å²) in [7, 11) is 0. The minimum absolute atomic E-state index is 0.228. The average molecular weight is 314 g/mol. The number of carboxylic acid groups (broad SMARTS) is 1. The first-order chi connectivity index (χ1) is 11.0. The normalized spacial score (nSPS) is 18.0. The largest absolute Gasteiger partial charge is 0.481 e. The number of piperidine rings is 1. The van der Waals surface area contributed by atoms with Gasteiger partial charge < -0.3 is 10.0 Å². The molecule has 3 rings (SSSR count). The van der Waals surface area contributed by atoms with E-state index in [1.165, 1.54) is 0 Å². The van der Waals surface area contributed by atoms with Crippen LogP contribution in [0.1, 0.15) is 28.9 Å². The highest BCUT2D eigenvalue weighted by Gasteiger charge is 2.29. The second kappa shape index (κ2) is 6.20. The van der Waals surface area contributed by atoms with Crippen LogP contribution in [0.3, 0.4) is 0 Å². The van der Waals surface area contributed by atoms with E-state index in [1.54, 1.807) is 15.8 Å². The van der Waals surface area contributed by atoms with E-state index in [0.717, 1.165) is 11.3 Å². The van der Waals surface area contributed by atoms with E-state index in [1.807, 2.05) is 31.2 Å². The second-order valence-corrected chi connectivity index (χ2v) is 5.82. The van der Waals surface area contributed by atoms with Crippen LogP contribution in [-0.4, -0.2) is 50.0 Å². The third-order valence-electron chi connectivity index (χ3n) is 4.04. The van der Waals surface area contributed by atoms with Crippen LogP contribution in [0, 0.1) is 12.8 Å². The van der Waals surface area contributed by atoms with Gasteiger partial charge in [-0.1, -0.05) is 17.3 Å². The maximum atomic E-state index is 12.5. The quantitative estimate of drug-likeness (QED) is 0.928. The molecule has 2 aromatic rings. The summed E-state index contributed by atoms with van der Waals surface area (Å²) in [5.41, 5.74) is 2.15. The number of carbonyl (C=O) groups is 2. The molecule has 1 atom stereocenters. The lowest BCUT2D eigenvalue weighted by Gasteiger charge is -2.29. The first-order valence-electron chi connectivity index (χ1n) is 7.56. The van der Waals surface area contributed by atoms with Crippen LogP contribution in [0.25, 0.3) is 5.69 Å². The number of hydrogen-bond donors (Lipinski definition) is 1. The number of carboxylic acids is 1. The molecule has 0 radical (unpaired) electrons. The molecule has 0 bridgehead atoms. The van der Waals surface area contributed by atoms with Crippen LogP contribution < -0.4 is 0 Å². The molecule has 1 fully saturated rings. The van der Waals surface area contributed by atoms with Gasteiger partial charge in [-0.3, -0.25) is 9.59 Å². The number of amides is 1. The van der Waals surface area contributed by atoms with Crippen molar-refractivity contribution in [3.05, 3.63) is 41.7 Å². The molecule has 1 aliphatic heterocycles. The maximum Gasteiger partial charge on any atom is 0.308 e. The number of likely N-dealkylation sites (tertiary alicyclic amines) is 1. The summed E-state index contributed by atoms with van der Waals surface area (Å²) in [5.74, 6) is -1.62. The van der Waals surface area contributed by atoms with E-state index in [2.05, 4.69) is 10.3 Å². The molecule has 1 aromatic heterocycles. The SMILES string of the molecule is Cc1cccc(-n2cc(C(=O)N3CCCC(C(=O)O)C3)nn2)c1. The smallest absolute Gasteiger partial charge is 0.308 e. The Morgan fingerprint density at radius 3 is 2.91 bits per heavy atom. The van der Waals surface area contributed by atoms with Gasteiger partial charge in [-0.2, -0.15) is 0 Å². The molecule has 1 aromatic carbocycles. The summed E-state index contributed by atoms with van der Waals surface area (Å²) < 4.78 is 1.55. The van der Waals surface area contributed by atoms with Gasteiger partial charge in [-0.25, -0.2) is 4.68 Å². The van der Waals surface area contributed by atoms with E-state index in [-0.39, 0.29) is 18.1 Å². The zero-order valence-corrected chi connectivity index (χ0v) is 12.8. The van der Waals surface area contributed by atoms with Crippen LogP contribution >= 0.6 is 0 Å². The Balaban J connectivity index is 1.77. The van der Waals surface area contributed by atoms with Gasteiger partial charge in [-0.15, -0.1) is 5.10 Å². The molecule has 23 heavy (non-hydrogen) atoms. The standard InChI is InChI=1S/C16H18N4O3/c1-11-4-2-6-13(8-11)20-10-14(17-18-20)15(21)19-7-3-5-12(9-19)16(22)23/h2,4,6,8,10,12H,3,5,7,9H2,1H3,(H,22,23). The highest BCUT2D eigenvalue weighted by Crippen LogP contribution is 2.18. The van der Waals surface area contributed by atoms with E-state index >= 15 is 0 Å². The Labute approximate surface area is 133 Å². The molecule has 2 heterocycles. The Morgan fingerprint density at radius 2 is 2.17 bits per heavy atom. The lowest BCUT2D eigenvalue weighted by molar-refractivity contribution is -0.143. The van der Waals surface area contributed by atoms with Gasteiger partial charge in [0.15, 0.2) is 5.69 Å². The van der Waals surface area contributed by atoms with Gasteiger partial charge in [0.1, 0.15) is 0 Å². The van der Waals surface area contributed by atoms with Gasteiger partial charge in [0.2, 0.25) is 0 Å². The van der Waals surface area contributed by atoms with E-state index < -0.39 is 11.9 Å². The first kappa shape index (κ1) is 15.2. The Morgan fingerprint density at radius 1 is 1.35 bits per heavy atom. The minimum Gasteiger partial charge on any atom is -0.481 e. The predicted molar refractivity (Wildman–Crippen MR) is 82.4 cm³/mol. The molecule has 0 spiro atoms. The molecule has 1 saturated heterocycles. The molecule has 0 aliphatic carbocycles. The fourth-order valence-electron chi connectivity index (χ4n) is 2.78. The van der Waals surface area contributed by atoms with Crippen molar-refractivity contribution >= 4 is 11.9 Å². The van der Waals surface area contributed by atoms with Crippen molar-refractivity contribution in [2.45, 2.75) is 19.8 Å². The topological polar surface area (TPSA) is 88.3 Å². The Bertz CT molecular complexity index is 740. The third kappa shape index (κ3) is 3.23. The van der Waals surface area contributed by atoms with Crippen molar-refractivity contribution in [1.29, 1.82) is 0 Å². The number of carbonyl (C=O) groups excluding carboxylic acids is 1. The minimum atomic E-state index is -0.856. The lowest BCUT2D eigenvalue weighted by Crippen LogP contribution is -2.42. The Hall–Kier alpha value is -2.70. The molecule has 1 amide bonds. The average Bonchev–Trinajstić information content (AvgIpc) is 3.04. The molecule has 1 N–H and O–H groups in total. The fraction of sp³-hybridized carbons (Fsp3) is 0.375. The van der Waals surface area contributed by atoms with Crippen LogP contribution in [0.4, 0.5) is 0 Å². The van der Waals surface area contributed by atoms with Crippen LogP contribution in [-0.2, 0) is 4.79 Å². The van der Waals surface area contributed by atoms with E-state index in [0.29, 0.717) is 19.4 Å². The molecule has 1 aliphatic rings. The summed E-state index contributed by atoms with van der Waals surface area (Å²) >= 11 is 0. The van der Waals surface area contributed by atoms with Crippen molar-refractivity contribution < 1.29 is 14.7 Å². The first-order valence-corrected chi connectivity index (χ1v) is 7.56. The van der Waals surface area contributed by atoms with Crippen LogP contribution in [0.15, 0.2) is 30.5 Å².